The molecule has 0 bridgehead atoms. The standard InChI is InChI=1S/C15H23ClN2OS/c1-4-17(5-2)12-8-9-18(10-12)11(3)15(19)13-6-7-14(16)20-13/h6-7,11-12H,4-5,8-10H2,1-3H3. The highest BCUT2D eigenvalue weighted by molar-refractivity contribution is 7.18. The second-order valence-corrected chi connectivity index (χ2v) is 7.02. The maximum absolute atomic E-state index is 12.5. The molecular formula is C15H23ClN2OS. The number of halogens is 1. The van der Waals surface area contributed by atoms with Crippen LogP contribution in [-0.2, 0) is 0 Å². The molecule has 0 aromatic carbocycles. The molecule has 0 amide bonds. The van der Waals surface area contributed by atoms with Gasteiger partial charge in [-0.2, -0.15) is 0 Å². The average molecular weight is 315 g/mol. The Morgan fingerprint density at radius 3 is 2.75 bits per heavy atom. The highest BCUT2D eigenvalue weighted by atomic mass is 35.5. The first-order chi connectivity index (χ1) is 9.56. The van der Waals surface area contributed by atoms with Crippen LogP contribution in [0.2, 0.25) is 4.34 Å². The van der Waals surface area contributed by atoms with E-state index in [9.17, 15) is 4.79 Å². The minimum Gasteiger partial charge on any atom is -0.300 e. The molecule has 1 aromatic rings. The van der Waals surface area contributed by atoms with E-state index in [-0.39, 0.29) is 11.8 Å². The molecule has 0 radical (unpaired) electrons. The van der Waals surface area contributed by atoms with Gasteiger partial charge < -0.3 is 0 Å². The fourth-order valence-electron chi connectivity index (χ4n) is 2.98. The summed E-state index contributed by atoms with van der Waals surface area (Å²) in [4.78, 5) is 18.0. The highest BCUT2D eigenvalue weighted by Crippen LogP contribution is 2.25. The SMILES string of the molecule is CCN(CC)C1CCN(C(C)C(=O)c2ccc(Cl)s2)C1. The monoisotopic (exact) mass is 314 g/mol. The topological polar surface area (TPSA) is 23.6 Å². The molecule has 0 aliphatic carbocycles. The number of likely N-dealkylation sites (N-methyl/N-ethyl adjacent to an activating group) is 1. The van der Waals surface area contributed by atoms with Crippen molar-refractivity contribution in [1.29, 1.82) is 0 Å². The second-order valence-electron chi connectivity index (χ2n) is 5.30. The van der Waals surface area contributed by atoms with E-state index in [4.69, 9.17) is 11.6 Å². The van der Waals surface area contributed by atoms with E-state index in [1.807, 2.05) is 13.0 Å². The van der Waals surface area contributed by atoms with E-state index in [1.54, 1.807) is 6.07 Å². The maximum atomic E-state index is 12.5. The van der Waals surface area contributed by atoms with Gasteiger partial charge in [0, 0.05) is 19.1 Å². The van der Waals surface area contributed by atoms with Gasteiger partial charge >= 0.3 is 0 Å². The van der Waals surface area contributed by atoms with Gasteiger partial charge in [0.15, 0.2) is 5.78 Å². The molecule has 0 saturated carbocycles. The Bertz CT molecular complexity index is 458. The van der Waals surface area contributed by atoms with Crippen LogP contribution in [-0.4, -0.2) is 53.8 Å². The number of hydrogen-bond donors (Lipinski definition) is 0. The molecule has 5 heteroatoms. The summed E-state index contributed by atoms with van der Waals surface area (Å²) in [6, 6.07) is 4.18. The summed E-state index contributed by atoms with van der Waals surface area (Å²) in [5.41, 5.74) is 0. The van der Waals surface area contributed by atoms with Crippen molar-refractivity contribution < 1.29 is 4.79 Å². The molecule has 1 aromatic heterocycles. The van der Waals surface area contributed by atoms with Gasteiger partial charge in [-0.3, -0.25) is 14.6 Å². The fraction of sp³-hybridized carbons (Fsp3) is 0.667. The van der Waals surface area contributed by atoms with Crippen molar-refractivity contribution in [2.75, 3.05) is 26.2 Å². The predicted molar refractivity (Wildman–Crippen MR) is 86.0 cm³/mol. The zero-order chi connectivity index (χ0) is 14.7. The van der Waals surface area contributed by atoms with Crippen molar-refractivity contribution in [2.45, 2.75) is 39.3 Å². The quantitative estimate of drug-likeness (QED) is 0.752. The lowest BCUT2D eigenvalue weighted by molar-refractivity contribution is 0.0860. The Morgan fingerprint density at radius 2 is 2.20 bits per heavy atom. The molecule has 1 aliphatic rings. The lowest BCUT2D eigenvalue weighted by atomic mass is 10.1. The Morgan fingerprint density at radius 1 is 1.50 bits per heavy atom. The van der Waals surface area contributed by atoms with Crippen LogP contribution < -0.4 is 0 Å². The van der Waals surface area contributed by atoms with Gasteiger partial charge in [0.2, 0.25) is 0 Å². The number of ketones is 1. The molecule has 0 spiro atoms. The van der Waals surface area contributed by atoms with Crippen LogP contribution >= 0.6 is 22.9 Å². The van der Waals surface area contributed by atoms with Gasteiger partial charge in [0.1, 0.15) is 0 Å². The van der Waals surface area contributed by atoms with Crippen molar-refractivity contribution in [1.82, 2.24) is 9.80 Å². The molecule has 2 atom stereocenters. The first kappa shape index (κ1) is 16.0. The maximum Gasteiger partial charge on any atom is 0.189 e. The average Bonchev–Trinajstić information content (AvgIpc) is 3.08. The van der Waals surface area contributed by atoms with Crippen molar-refractivity contribution >= 4 is 28.7 Å². The zero-order valence-electron chi connectivity index (χ0n) is 12.4. The summed E-state index contributed by atoms with van der Waals surface area (Å²) in [7, 11) is 0. The van der Waals surface area contributed by atoms with E-state index < -0.39 is 0 Å². The van der Waals surface area contributed by atoms with E-state index in [0.717, 1.165) is 37.5 Å². The van der Waals surface area contributed by atoms with Crippen LogP contribution in [0.15, 0.2) is 12.1 Å². The third-order valence-electron chi connectivity index (χ3n) is 4.27. The minimum atomic E-state index is -0.0507. The van der Waals surface area contributed by atoms with Crippen LogP contribution in [0.25, 0.3) is 0 Å². The lowest BCUT2D eigenvalue weighted by Crippen LogP contribution is -2.41. The first-order valence-corrected chi connectivity index (χ1v) is 8.53. The summed E-state index contributed by atoms with van der Waals surface area (Å²) in [6.07, 6.45) is 1.16. The Labute approximate surface area is 130 Å². The zero-order valence-corrected chi connectivity index (χ0v) is 14.0. The van der Waals surface area contributed by atoms with Crippen LogP contribution in [0.1, 0.15) is 36.9 Å². The molecule has 0 N–H and O–H groups in total. The Kier molecular flexibility index (Phi) is 5.61. The third-order valence-corrected chi connectivity index (χ3v) is 5.51. The number of carbonyl (C=O) groups is 1. The van der Waals surface area contributed by atoms with Gasteiger partial charge in [-0.25, -0.2) is 0 Å². The number of rotatable bonds is 6. The summed E-state index contributed by atoms with van der Waals surface area (Å²) in [5, 5.41) is 0. The fourth-order valence-corrected chi connectivity index (χ4v) is 4.04. The van der Waals surface area contributed by atoms with Crippen molar-refractivity contribution in [3.63, 3.8) is 0 Å². The number of nitrogens with zero attached hydrogens (tertiary/aromatic N) is 2. The smallest absolute Gasteiger partial charge is 0.189 e. The van der Waals surface area contributed by atoms with E-state index in [1.165, 1.54) is 11.3 Å². The molecule has 2 rings (SSSR count). The Hall–Kier alpha value is -0.420. The van der Waals surface area contributed by atoms with Crippen LogP contribution in [0.4, 0.5) is 0 Å². The van der Waals surface area contributed by atoms with Gasteiger partial charge in [-0.15, -0.1) is 11.3 Å². The van der Waals surface area contributed by atoms with Crippen molar-refractivity contribution in [3.8, 4) is 0 Å². The molecule has 2 unspecified atom stereocenters. The van der Waals surface area contributed by atoms with E-state index in [0.29, 0.717) is 10.4 Å². The van der Waals surface area contributed by atoms with Crippen LogP contribution in [0.5, 0.6) is 0 Å². The molecule has 112 valence electrons. The van der Waals surface area contributed by atoms with E-state index >= 15 is 0 Å². The largest absolute Gasteiger partial charge is 0.300 e. The van der Waals surface area contributed by atoms with Crippen molar-refractivity contribution in [3.05, 3.63) is 21.3 Å². The van der Waals surface area contributed by atoms with Crippen LogP contribution in [0.3, 0.4) is 0 Å². The molecule has 20 heavy (non-hydrogen) atoms. The predicted octanol–water partition coefficient (Wildman–Crippen LogP) is 3.39. The number of thiophene rings is 1. The third kappa shape index (κ3) is 3.42. The molecular weight excluding hydrogens is 292 g/mol. The number of likely N-dealkylation sites (tertiary alicyclic amines) is 1. The number of carbonyl (C=O) groups excluding carboxylic acids is 1. The summed E-state index contributed by atoms with van der Waals surface area (Å²) < 4.78 is 0.683. The van der Waals surface area contributed by atoms with Gasteiger partial charge in [-0.05, 0) is 38.6 Å². The number of Topliss-reactive ketones (excluding diaryl/α,β-unsaturated/α-hetero) is 1. The molecule has 2 heterocycles. The second kappa shape index (κ2) is 7.03. The van der Waals surface area contributed by atoms with E-state index in [2.05, 4.69) is 23.6 Å². The molecule has 3 nitrogen and oxygen atoms in total. The highest BCUT2D eigenvalue weighted by Gasteiger charge is 2.32. The Balaban J connectivity index is 1.97. The molecule has 1 fully saturated rings. The first-order valence-electron chi connectivity index (χ1n) is 7.34. The summed E-state index contributed by atoms with van der Waals surface area (Å²) in [5.74, 6) is 0.196. The van der Waals surface area contributed by atoms with Crippen molar-refractivity contribution in [2.24, 2.45) is 0 Å². The molecule has 1 saturated heterocycles. The number of hydrogen-bond acceptors (Lipinski definition) is 4. The van der Waals surface area contributed by atoms with Gasteiger partial charge in [0.25, 0.3) is 0 Å². The summed E-state index contributed by atoms with van der Waals surface area (Å²) >= 11 is 7.30. The minimum absolute atomic E-state index is 0.0507. The lowest BCUT2D eigenvalue weighted by Gasteiger charge is -2.27. The van der Waals surface area contributed by atoms with Crippen LogP contribution in [0, 0.1) is 0 Å². The summed E-state index contributed by atoms with van der Waals surface area (Å²) in [6.45, 7) is 10.6. The normalized spacial score (nSPS) is 21.6. The molecule has 1 aliphatic heterocycles. The van der Waals surface area contributed by atoms with Gasteiger partial charge in [0.05, 0.1) is 15.3 Å². The van der Waals surface area contributed by atoms with Gasteiger partial charge in [-0.1, -0.05) is 25.4 Å².